The summed E-state index contributed by atoms with van der Waals surface area (Å²) in [7, 11) is 4.13. The van der Waals surface area contributed by atoms with Crippen LogP contribution < -0.4 is 5.73 Å². The Morgan fingerprint density at radius 1 is 1.19 bits per heavy atom. The molecule has 1 aromatic rings. The number of hydrogen-bond acceptors (Lipinski definition) is 2. The Labute approximate surface area is 119 Å². The average Bonchev–Trinajstić information content (AvgIpc) is 2.16. The molecule has 0 radical (unpaired) electrons. The van der Waals surface area contributed by atoms with E-state index in [0.717, 1.165) is 10.9 Å². The van der Waals surface area contributed by atoms with Crippen LogP contribution in [0.4, 0.5) is 0 Å². The Bertz CT molecular complexity index is 278. The summed E-state index contributed by atoms with van der Waals surface area (Å²) in [4.78, 5) is 2.17. The van der Waals surface area contributed by atoms with Gasteiger partial charge in [-0.3, -0.25) is 0 Å². The predicted octanol–water partition coefficient (Wildman–Crippen LogP) is 2.72. The smallest absolute Gasteiger partial charge is 0.0252 e. The maximum Gasteiger partial charge on any atom is 0.0252 e. The minimum absolute atomic E-state index is 0. The van der Waals surface area contributed by atoms with Gasteiger partial charge in [0.05, 0.1) is 0 Å². The van der Waals surface area contributed by atoms with Gasteiger partial charge in [-0.25, -0.2) is 0 Å². The Morgan fingerprint density at radius 3 is 2.06 bits per heavy atom. The van der Waals surface area contributed by atoms with Crippen molar-refractivity contribution in [3.05, 3.63) is 34.3 Å². The molecule has 0 unspecified atom stereocenters. The maximum atomic E-state index is 5.70. The zero-order valence-electron chi connectivity index (χ0n) is 9.52. The first kappa shape index (κ1) is 18.6. The van der Waals surface area contributed by atoms with E-state index in [0.29, 0.717) is 12.6 Å². The Kier molecular flexibility index (Phi) is 10.7. The fourth-order valence-electron chi connectivity index (χ4n) is 1.37. The quantitative estimate of drug-likeness (QED) is 0.920. The van der Waals surface area contributed by atoms with E-state index in [1.54, 1.807) is 0 Å². The SMILES string of the molecule is CN(C)[C@H](CN)Cc1ccc(Br)cc1.Cl.Cl. The monoisotopic (exact) mass is 328 g/mol. The van der Waals surface area contributed by atoms with Crippen molar-refractivity contribution in [3.8, 4) is 0 Å². The fourth-order valence-corrected chi connectivity index (χ4v) is 1.63. The zero-order valence-corrected chi connectivity index (χ0v) is 12.7. The molecule has 0 spiro atoms. The number of likely N-dealkylation sites (N-methyl/N-ethyl adjacent to an activating group) is 1. The van der Waals surface area contributed by atoms with E-state index in [1.165, 1.54) is 5.56 Å². The lowest BCUT2D eigenvalue weighted by atomic mass is 10.1. The minimum Gasteiger partial charge on any atom is -0.329 e. The van der Waals surface area contributed by atoms with Crippen molar-refractivity contribution < 1.29 is 0 Å². The highest BCUT2D eigenvalue weighted by atomic mass is 79.9. The van der Waals surface area contributed by atoms with Crippen LogP contribution in [-0.2, 0) is 6.42 Å². The molecule has 0 aliphatic rings. The van der Waals surface area contributed by atoms with Crippen molar-refractivity contribution in [1.29, 1.82) is 0 Å². The first-order chi connectivity index (χ1) is 6.63. The molecule has 1 atom stereocenters. The number of halogens is 3. The van der Waals surface area contributed by atoms with Gasteiger partial charge >= 0.3 is 0 Å². The lowest BCUT2D eigenvalue weighted by Gasteiger charge is -2.22. The highest BCUT2D eigenvalue weighted by Gasteiger charge is 2.09. The third-order valence-electron chi connectivity index (χ3n) is 2.39. The van der Waals surface area contributed by atoms with Gasteiger partial charge in [0.1, 0.15) is 0 Å². The van der Waals surface area contributed by atoms with Gasteiger partial charge < -0.3 is 10.6 Å². The van der Waals surface area contributed by atoms with E-state index in [4.69, 9.17) is 5.73 Å². The van der Waals surface area contributed by atoms with Crippen LogP contribution in [-0.4, -0.2) is 31.6 Å². The van der Waals surface area contributed by atoms with Crippen LogP contribution in [0.25, 0.3) is 0 Å². The van der Waals surface area contributed by atoms with E-state index in [1.807, 2.05) is 0 Å². The molecule has 0 aliphatic heterocycles. The van der Waals surface area contributed by atoms with Gasteiger partial charge in [-0.2, -0.15) is 0 Å². The zero-order chi connectivity index (χ0) is 10.6. The highest BCUT2D eigenvalue weighted by molar-refractivity contribution is 9.10. The third-order valence-corrected chi connectivity index (χ3v) is 2.92. The molecule has 5 heteroatoms. The molecule has 2 N–H and O–H groups in total. The van der Waals surface area contributed by atoms with Gasteiger partial charge in [0, 0.05) is 17.1 Å². The number of hydrogen-bond donors (Lipinski definition) is 1. The molecule has 2 nitrogen and oxygen atoms in total. The maximum absolute atomic E-state index is 5.70. The molecule has 0 amide bonds. The molecule has 0 bridgehead atoms. The fraction of sp³-hybridized carbons (Fsp3) is 0.455. The molecule has 1 rings (SSSR count). The lowest BCUT2D eigenvalue weighted by Crippen LogP contribution is -2.36. The van der Waals surface area contributed by atoms with Crippen LogP contribution in [0.15, 0.2) is 28.7 Å². The molecule has 0 aliphatic carbocycles. The summed E-state index contributed by atoms with van der Waals surface area (Å²) in [5.74, 6) is 0. The average molecular weight is 330 g/mol. The van der Waals surface area contributed by atoms with Crippen LogP contribution in [0.3, 0.4) is 0 Å². The second kappa shape index (κ2) is 9.25. The van der Waals surface area contributed by atoms with Crippen LogP contribution in [0, 0.1) is 0 Å². The molecule has 0 saturated carbocycles. The first-order valence-electron chi connectivity index (χ1n) is 4.74. The largest absolute Gasteiger partial charge is 0.329 e. The molecule has 16 heavy (non-hydrogen) atoms. The van der Waals surface area contributed by atoms with Gasteiger partial charge in [-0.1, -0.05) is 28.1 Å². The van der Waals surface area contributed by atoms with E-state index < -0.39 is 0 Å². The van der Waals surface area contributed by atoms with Crippen LogP contribution >= 0.6 is 40.7 Å². The topological polar surface area (TPSA) is 29.3 Å². The van der Waals surface area contributed by atoms with Gasteiger partial charge in [-0.05, 0) is 38.2 Å². The summed E-state index contributed by atoms with van der Waals surface area (Å²) >= 11 is 3.42. The lowest BCUT2D eigenvalue weighted by molar-refractivity contribution is 0.298. The number of nitrogens with zero attached hydrogens (tertiary/aromatic N) is 1. The van der Waals surface area contributed by atoms with Crippen molar-refractivity contribution in [2.45, 2.75) is 12.5 Å². The minimum atomic E-state index is 0. The summed E-state index contributed by atoms with van der Waals surface area (Å²) in [6, 6.07) is 8.83. The number of nitrogens with two attached hydrogens (primary N) is 1. The molecular formula is C11H19BrCl2N2. The summed E-state index contributed by atoms with van der Waals surface area (Å²) < 4.78 is 1.12. The first-order valence-corrected chi connectivity index (χ1v) is 5.53. The molecule has 1 aromatic carbocycles. The molecule has 94 valence electrons. The van der Waals surface area contributed by atoms with E-state index >= 15 is 0 Å². The Balaban J connectivity index is 0. The highest BCUT2D eigenvalue weighted by Crippen LogP contribution is 2.12. The van der Waals surface area contributed by atoms with Crippen LogP contribution in [0.2, 0.25) is 0 Å². The molecule has 0 saturated heterocycles. The second-order valence-electron chi connectivity index (χ2n) is 3.68. The Morgan fingerprint density at radius 2 is 1.69 bits per heavy atom. The van der Waals surface area contributed by atoms with Crippen molar-refractivity contribution in [2.24, 2.45) is 5.73 Å². The van der Waals surface area contributed by atoms with Crippen LogP contribution in [0.5, 0.6) is 0 Å². The molecular weight excluding hydrogens is 311 g/mol. The molecule has 0 aromatic heterocycles. The predicted molar refractivity (Wildman–Crippen MR) is 78.9 cm³/mol. The van der Waals surface area contributed by atoms with Gasteiger partial charge in [-0.15, -0.1) is 24.8 Å². The van der Waals surface area contributed by atoms with Gasteiger partial charge in [0.15, 0.2) is 0 Å². The van der Waals surface area contributed by atoms with Crippen molar-refractivity contribution in [1.82, 2.24) is 4.90 Å². The van der Waals surface area contributed by atoms with Crippen LogP contribution in [0.1, 0.15) is 5.56 Å². The number of benzene rings is 1. The summed E-state index contributed by atoms with van der Waals surface area (Å²) in [5, 5.41) is 0. The normalized spacial score (nSPS) is 11.6. The van der Waals surface area contributed by atoms with Crippen molar-refractivity contribution in [2.75, 3.05) is 20.6 Å². The third kappa shape index (κ3) is 6.06. The number of rotatable bonds is 4. The molecule has 0 heterocycles. The summed E-state index contributed by atoms with van der Waals surface area (Å²) in [5.41, 5.74) is 7.03. The second-order valence-corrected chi connectivity index (χ2v) is 4.60. The van der Waals surface area contributed by atoms with Gasteiger partial charge in [0.2, 0.25) is 0 Å². The summed E-state index contributed by atoms with van der Waals surface area (Å²) in [6.07, 6.45) is 1.01. The molecule has 0 fully saturated rings. The van der Waals surface area contributed by atoms with E-state index in [9.17, 15) is 0 Å². The van der Waals surface area contributed by atoms with Crippen molar-refractivity contribution >= 4 is 40.7 Å². The van der Waals surface area contributed by atoms with Crippen molar-refractivity contribution in [3.63, 3.8) is 0 Å². The summed E-state index contributed by atoms with van der Waals surface area (Å²) in [6.45, 7) is 0.697. The standard InChI is InChI=1S/C11H17BrN2.2ClH/c1-14(2)11(8-13)7-9-3-5-10(12)6-4-9;;/h3-6,11H,7-8,13H2,1-2H3;2*1H/t11-;;/m0../s1. The Hall–Kier alpha value is 0.200. The van der Waals surface area contributed by atoms with Gasteiger partial charge in [0.25, 0.3) is 0 Å². The van der Waals surface area contributed by atoms with E-state index in [2.05, 4.69) is 59.2 Å². The van der Waals surface area contributed by atoms with E-state index in [-0.39, 0.29) is 24.8 Å².